The monoisotopic (exact) mass is 531 g/mol. The lowest BCUT2D eigenvalue weighted by atomic mass is 10.0. The number of carbonyl (C=O) groups excluding carboxylic acids is 2. The lowest BCUT2D eigenvalue weighted by Crippen LogP contribution is -2.41. The van der Waals surface area contributed by atoms with E-state index in [0.717, 1.165) is 86.6 Å². The van der Waals surface area contributed by atoms with E-state index in [1.54, 1.807) is 12.3 Å². The minimum Gasteiger partial charge on any atom is -0.342 e. The Morgan fingerprint density at radius 2 is 1.82 bits per heavy atom. The first-order valence-corrected chi connectivity index (χ1v) is 14.1. The van der Waals surface area contributed by atoms with Crippen LogP contribution >= 0.6 is 0 Å². The van der Waals surface area contributed by atoms with Gasteiger partial charge in [-0.05, 0) is 61.4 Å². The second-order valence-electron chi connectivity index (χ2n) is 10.5. The van der Waals surface area contributed by atoms with Crippen molar-refractivity contribution < 1.29 is 9.59 Å². The molecule has 5 heterocycles. The smallest absolute Gasteiger partial charge is 0.274 e. The van der Waals surface area contributed by atoms with Crippen LogP contribution in [-0.4, -0.2) is 67.5 Å². The number of pyridine rings is 1. The molecule has 9 nitrogen and oxygen atoms in total. The van der Waals surface area contributed by atoms with E-state index >= 15 is 0 Å². The molecule has 2 aromatic heterocycles. The number of likely N-dealkylation sites (tertiary alicyclic amines) is 1. The highest BCUT2D eigenvalue weighted by Gasteiger charge is 2.24. The van der Waals surface area contributed by atoms with Crippen molar-refractivity contribution in [3.63, 3.8) is 0 Å². The van der Waals surface area contributed by atoms with Gasteiger partial charge in [-0.15, -0.1) is 10.2 Å². The van der Waals surface area contributed by atoms with Crippen molar-refractivity contribution in [3.05, 3.63) is 71.2 Å². The summed E-state index contributed by atoms with van der Waals surface area (Å²) in [5.74, 6) is 1.82. The fourth-order valence-electron chi connectivity index (χ4n) is 5.09. The maximum atomic E-state index is 12.8. The molecule has 5 rings (SSSR count). The van der Waals surface area contributed by atoms with Gasteiger partial charge in [-0.1, -0.05) is 39.0 Å². The first kappa shape index (κ1) is 28.4. The highest BCUT2D eigenvalue weighted by molar-refractivity contribution is 5.93. The van der Waals surface area contributed by atoms with Crippen LogP contribution < -0.4 is 5.32 Å². The molecule has 0 aliphatic carbocycles. The average molecular weight is 532 g/mol. The molecular weight excluding hydrogens is 490 g/mol. The Balaban J connectivity index is 0.00000112. The summed E-state index contributed by atoms with van der Waals surface area (Å²) in [6, 6.07) is 1.84. The molecule has 2 amide bonds. The third-order valence-electron chi connectivity index (χ3n) is 7.10. The van der Waals surface area contributed by atoms with Crippen LogP contribution in [0.15, 0.2) is 42.8 Å². The molecule has 0 unspecified atom stereocenters. The molecule has 3 aliphatic rings. The SMILES string of the molecule is C=C(/C=C\C=C(/C)c1nnc2n1CCC2)NC(=O)c1cc2c(cn1)CCN(CC(=O)N1CCCC1)C2.CCC. The molecule has 1 saturated heterocycles. The van der Waals surface area contributed by atoms with Crippen molar-refractivity contribution in [2.45, 2.75) is 72.4 Å². The molecule has 0 aromatic carbocycles. The van der Waals surface area contributed by atoms with E-state index < -0.39 is 0 Å². The summed E-state index contributed by atoms with van der Waals surface area (Å²) in [7, 11) is 0. The van der Waals surface area contributed by atoms with Crippen LogP contribution in [0.5, 0.6) is 0 Å². The highest BCUT2D eigenvalue weighted by atomic mass is 16.2. The van der Waals surface area contributed by atoms with Crippen LogP contribution in [0.4, 0.5) is 0 Å². The van der Waals surface area contributed by atoms with Crippen LogP contribution in [0.25, 0.3) is 5.57 Å². The Bertz CT molecular complexity index is 1250. The average Bonchev–Trinajstić information content (AvgIpc) is 3.68. The topological polar surface area (TPSA) is 96.2 Å². The number of hydrogen-bond acceptors (Lipinski definition) is 6. The van der Waals surface area contributed by atoms with E-state index in [9.17, 15) is 9.59 Å². The molecule has 1 fully saturated rings. The van der Waals surface area contributed by atoms with Gasteiger partial charge in [-0.2, -0.15) is 0 Å². The Morgan fingerprint density at radius 3 is 2.59 bits per heavy atom. The van der Waals surface area contributed by atoms with Gasteiger partial charge in [-0.25, -0.2) is 0 Å². The third kappa shape index (κ3) is 7.29. The molecule has 1 N–H and O–H groups in total. The number of hydrogen-bond donors (Lipinski definition) is 1. The number of fused-ring (bicyclic) bond motifs is 2. The van der Waals surface area contributed by atoms with E-state index in [-0.39, 0.29) is 11.8 Å². The molecule has 0 saturated carbocycles. The van der Waals surface area contributed by atoms with Gasteiger partial charge in [0.05, 0.1) is 6.54 Å². The van der Waals surface area contributed by atoms with Gasteiger partial charge in [0.25, 0.3) is 5.91 Å². The van der Waals surface area contributed by atoms with Crippen LogP contribution in [0.2, 0.25) is 0 Å². The zero-order chi connectivity index (χ0) is 27.8. The zero-order valence-corrected chi connectivity index (χ0v) is 23.6. The Kier molecular flexibility index (Phi) is 9.81. The molecule has 0 atom stereocenters. The van der Waals surface area contributed by atoms with E-state index in [0.29, 0.717) is 24.5 Å². The standard InChI is InChI=1S/C27H33N7O2.C3H8/c1-19(26-31-30-24-9-6-13-34(24)26)7-5-8-20(2)29-27(36)23-15-22-17-32(14-10-21(22)16-28-23)18-25(35)33-11-3-4-12-33;1-3-2/h5,7-8,15-16H,2-4,6,9-14,17-18H2,1H3,(H,29,36);3H2,1-2H3/b8-5-,19-7+;. The number of nitrogens with one attached hydrogen (secondary N) is 1. The number of rotatable bonds is 7. The van der Waals surface area contributed by atoms with E-state index in [1.165, 1.54) is 6.42 Å². The first-order valence-electron chi connectivity index (χ1n) is 14.1. The van der Waals surface area contributed by atoms with Gasteiger partial charge < -0.3 is 14.8 Å². The lowest BCUT2D eigenvalue weighted by molar-refractivity contribution is -0.131. The quantitative estimate of drug-likeness (QED) is 0.544. The van der Waals surface area contributed by atoms with E-state index in [4.69, 9.17) is 0 Å². The molecule has 0 radical (unpaired) electrons. The summed E-state index contributed by atoms with van der Waals surface area (Å²) >= 11 is 0. The molecule has 2 aromatic rings. The second-order valence-corrected chi connectivity index (χ2v) is 10.5. The Labute approximate surface area is 231 Å². The number of amides is 2. The molecule has 39 heavy (non-hydrogen) atoms. The normalized spacial score (nSPS) is 17.0. The van der Waals surface area contributed by atoms with Crippen molar-refractivity contribution in [1.82, 2.24) is 34.9 Å². The van der Waals surface area contributed by atoms with Crippen molar-refractivity contribution >= 4 is 17.4 Å². The van der Waals surface area contributed by atoms with Crippen molar-refractivity contribution in [2.24, 2.45) is 0 Å². The zero-order valence-electron chi connectivity index (χ0n) is 23.6. The molecule has 9 heteroatoms. The largest absolute Gasteiger partial charge is 0.342 e. The van der Waals surface area contributed by atoms with E-state index in [2.05, 4.69) is 50.4 Å². The minimum atomic E-state index is -0.298. The number of allylic oxidation sites excluding steroid dienone is 4. The summed E-state index contributed by atoms with van der Waals surface area (Å²) in [5, 5.41) is 11.3. The van der Waals surface area contributed by atoms with Crippen LogP contribution in [0.1, 0.15) is 79.7 Å². The number of carbonyl (C=O) groups is 2. The Morgan fingerprint density at radius 1 is 1.05 bits per heavy atom. The van der Waals surface area contributed by atoms with Crippen LogP contribution in [-0.2, 0) is 30.7 Å². The van der Waals surface area contributed by atoms with Crippen molar-refractivity contribution in [2.75, 3.05) is 26.2 Å². The number of aromatic nitrogens is 4. The predicted octanol–water partition coefficient (Wildman–Crippen LogP) is 3.92. The van der Waals surface area contributed by atoms with Gasteiger partial charge in [0.2, 0.25) is 5.91 Å². The number of aryl methyl sites for hydroxylation is 1. The fraction of sp³-hybridized carbons (Fsp3) is 0.500. The van der Waals surface area contributed by atoms with Crippen LogP contribution in [0.3, 0.4) is 0 Å². The fourth-order valence-corrected chi connectivity index (χ4v) is 5.09. The third-order valence-corrected chi connectivity index (χ3v) is 7.10. The van der Waals surface area contributed by atoms with Gasteiger partial charge in [0.1, 0.15) is 11.5 Å². The maximum absolute atomic E-state index is 12.8. The predicted molar refractivity (Wildman–Crippen MR) is 153 cm³/mol. The van der Waals surface area contributed by atoms with Gasteiger partial charge in [0, 0.05) is 51.0 Å². The highest BCUT2D eigenvalue weighted by Crippen LogP contribution is 2.21. The Hall–Kier alpha value is -3.59. The second kappa shape index (κ2) is 13.5. The molecule has 0 spiro atoms. The first-order chi connectivity index (χ1) is 18.9. The summed E-state index contributed by atoms with van der Waals surface area (Å²) in [4.78, 5) is 33.8. The molecule has 0 bridgehead atoms. The minimum absolute atomic E-state index is 0.198. The maximum Gasteiger partial charge on any atom is 0.274 e. The van der Waals surface area contributed by atoms with Crippen LogP contribution in [0, 0.1) is 0 Å². The van der Waals surface area contributed by atoms with Gasteiger partial charge in [0.15, 0.2) is 5.82 Å². The summed E-state index contributed by atoms with van der Waals surface area (Å²) in [6.07, 6.45) is 13.7. The summed E-state index contributed by atoms with van der Waals surface area (Å²) < 4.78 is 2.15. The molecule has 208 valence electrons. The van der Waals surface area contributed by atoms with E-state index in [1.807, 2.05) is 30.0 Å². The number of nitrogens with zero attached hydrogens (tertiary/aromatic N) is 6. The molecule has 3 aliphatic heterocycles. The summed E-state index contributed by atoms with van der Waals surface area (Å²) in [6.45, 7) is 14.8. The molecular formula is C30H41N7O2. The lowest BCUT2D eigenvalue weighted by Gasteiger charge is -2.29. The van der Waals surface area contributed by atoms with Gasteiger partial charge in [-0.3, -0.25) is 19.5 Å². The van der Waals surface area contributed by atoms with Gasteiger partial charge >= 0.3 is 0 Å². The summed E-state index contributed by atoms with van der Waals surface area (Å²) in [5.41, 5.74) is 4.02. The van der Waals surface area contributed by atoms with Crippen molar-refractivity contribution in [3.8, 4) is 0 Å². The van der Waals surface area contributed by atoms with Crippen molar-refractivity contribution in [1.29, 1.82) is 0 Å².